The van der Waals surface area contributed by atoms with Crippen molar-refractivity contribution < 1.29 is 4.52 Å². The molecule has 1 N–H and O–H groups in total. The Morgan fingerprint density at radius 1 is 1.40 bits per heavy atom. The van der Waals surface area contributed by atoms with Crippen LogP contribution < -0.4 is 5.32 Å². The molecule has 2 nitrogen and oxygen atoms in total. The van der Waals surface area contributed by atoms with E-state index in [1.54, 1.807) is 0 Å². The first-order valence-corrected chi connectivity index (χ1v) is 7.56. The maximum Gasteiger partial charge on any atom is 0.0793 e. The fourth-order valence-corrected chi connectivity index (χ4v) is 1.57. The van der Waals surface area contributed by atoms with Crippen molar-refractivity contribution in [3.05, 3.63) is 0 Å². The minimum absolute atomic E-state index is 0.624. The molecule has 0 aromatic carbocycles. The van der Waals surface area contributed by atoms with Crippen LogP contribution in [0, 0.1) is 0 Å². The van der Waals surface area contributed by atoms with Crippen molar-refractivity contribution in [3.8, 4) is 0 Å². The maximum atomic E-state index is 5.21. The molecule has 0 aliphatic heterocycles. The lowest BCUT2D eigenvalue weighted by atomic mass is 10.2. The van der Waals surface area contributed by atoms with Gasteiger partial charge in [0.15, 0.2) is 0 Å². The van der Waals surface area contributed by atoms with E-state index in [1.165, 1.54) is 19.3 Å². The van der Waals surface area contributed by atoms with Crippen LogP contribution in [0.3, 0.4) is 0 Å². The molecule has 10 heavy (non-hydrogen) atoms. The third kappa shape index (κ3) is 9.08. The van der Waals surface area contributed by atoms with Gasteiger partial charge in [-0.15, -0.1) is 0 Å². The summed E-state index contributed by atoms with van der Waals surface area (Å²) in [5, 5.41) is 3.12. The fraction of sp³-hybridized carbons (Fsp3) is 1.00. The van der Waals surface area contributed by atoms with Gasteiger partial charge >= 0.3 is 0 Å². The van der Waals surface area contributed by atoms with E-state index in [0.717, 1.165) is 13.2 Å². The summed E-state index contributed by atoms with van der Waals surface area (Å²) in [4.78, 5) is 0. The lowest BCUT2D eigenvalue weighted by molar-refractivity contribution is 0.353. The Kier molecular flexibility index (Phi) is 11.2. The van der Waals surface area contributed by atoms with E-state index in [9.17, 15) is 0 Å². The van der Waals surface area contributed by atoms with Gasteiger partial charge in [-0.2, -0.15) is 0 Å². The summed E-state index contributed by atoms with van der Waals surface area (Å²) in [5.41, 5.74) is 0. The molecule has 4 heteroatoms. The van der Waals surface area contributed by atoms with Crippen LogP contribution in [0.25, 0.3) is 0 Å². The zero-order chi connectivity index (χ0) is 7.66. The summed E-state index contributed by atoms with van der Waals surface area (Å²) in [6.45, 7) is 2.69. The van der Waals surface area contributed by atoms with Crippen LogP contribution in [0.1, 0.15) is 19.3 Å². The Labute approximate surface area is 77.8 Å². The van der Waals surface area contributed by atoms with Gasteiger partial charge in [0.2, 0.25) is 0 Å². The highest BCUT2D eigenvalue weighted by Crippen LogP contribution is 2.21. The predicted octanol–water partition coefficient (Wildman–Crippen LogP) is 2.34. The predicted molar refractivity (Wildman–Crippen MR) is 56.1 cm³/mol. The Bertz CT molecular complexity index is 57.7. The lowest BCUT2D eigenvalue weighted by Crippen LogP contribution is -2.07. The van der Waals surface area contributed by atoms with Crippen molar-refractivity contribution >= 4 is 28.5 Å². The summed E-state index contributed by atoms with van der Waals surface area (Å²) >= 11 is 2.25. The smallest absolute Gasteiger partial charge is 0.0793 e. The molecule has 0 saturated heterocycles. The molecule has 0 aliphatic rings. The standard InChI is InChI=1S/C6H15INOP/c1-8-5-3-2-4-6-9-10-7/h8,10H,2-6H2,1H3. The van der Waals surface area contributed by atoms with Crippen molar-refractivity contribution in [2.24, 2.45) is 0 Å². The molecule has 0 fully saturated rings. The molecule has 0 spiro atoms. The number of nitrogens with one attached hydrogen (secondary N) is 1. The van der Waals surface area contributed by atoms with E-state index < -0.39 is 0 Å². The van der Waals surface area contributed by atoms with Crippen LogP contribution in [-0.4, -0.2) is 20.2 Å². The molecule has 1 unspecified atom stereocenters. The van der Waals surface area contributed by atoms with E-state index in [4.69, 9.17) is 4.52 Å². The zero-order valence-corrected chi connectivity index (χ0v) is 9.48. The molecule has 0 saturated carbocycles. The molecule has 0 bridgehead atoms. The zero-order valence-electron chi connectivity index (χ0n) is 6.32. The number of rotatable bonds is 7. The maximum absolute atomic E-state index is 5.21. The Balaban J connectivity index is 2.65. The molecule has 0 aromatic heterocycles. The van der Waals surface area contributed by atoms with Crippen LogP contribution in [0.5, 0.6) is 0 Å². The third-order valence-electron chi connectivity index (χ3n) is 1.23. The lowest BCUT2D eigenvalue weighted by Gasteiger charge is -1.99. The van der Waals surface area contributed by atoms with Crippen molar-refractivity contribution in [1.29, 1.82) is 0 Å². The molecule has 0 rings (SSSR count). The second-order valence-corrected chi connectivity index (χ2v) is 3.85. The van der Waals surface area contributed by atoms with Gasteiger partial charge in [-0.25, -0.2) is 0 Å². The first-order valence-electron chi connectivity index (χ1n) is 3.54. The minimum Gasteiger partial charge on any atom is -0.352 e. The molecule has 0 aromatic rings. The van der Waals surface area contributed by atoms with Crippen molar-refractivity contribution in [1.82, 2.24) is 5.32 Å². The molecular weight excluding hydrogens is 260 g/mol. The SMILES string of the molecule is CNCCCCCOPI. The molecule has 0 radical (unpaired) electrons. The van der Waals surface area contributed by atoms with Crippen LogP contribution in [0.15, 0.2) is 0 Å². The van der Waals surface area contributed by atoms with E-state index in [0.29, 0.717) is 6.45 Å². The average molecular weight is 275 g/mol. The summed E-state index contributed by atoms with van der Waals surface area (Å²) in [6, 6.07) is 0. The first-order chi connectivity index (χ1) is 4.91. The molecule has 1 atom stereocenters. The highest BCUT2D eigenvalue weighted by molar-refractivity contribution is 14.2. The molecular formula is C6H15INOP. The van der Waals surface area contributed by atoms with E-state index in [2.05, 4.69) is 27.4 Å². The number of halogens is 1. The molecule has 0 heterocycles. The number of hydrogen-bond acceptors (Lipinski definition) is 2. The van der Waals surface area contributed by atoms with Gasteiger partial charge in [-0.3, -0.25) is 0 Å². The van der Waals surface area contributed by atoms with Gasteiger partial charge in [0, 0.05) is 0 Å². The van der Waals surface area contributed by atoms with Crippen molar-refractivity contribution in [3.63, 3.8) is 0 Å². The van der Waals surface area contributed by atoms with E-state index >= 15 is 0 Å². The van der Waals surface area contributed by atoms with Crippen LogP contribution in [-0.2, 0) is 4.52 Å². The van der Waals surface area contributed by atoms with Gasteiger partial charge in [0.05, 0.1) is 13.1 Å². The normalized spacial score (nSPS) is 11.4. The third-order valence-corrected chi connectivity index (χ3v) is 2.48. The summed E-state index contributed by atoms with van der Waals surface area (Å²) in [6.07, 6.45) is 3.75. The fourth-order valence-electron chi connectivity index (χ4n) is 0.691. The number of hydrogen-bond donors (Lipinski definition) is 1. The van der Waals surface area contributed by atoms with Crippen LogP contribution >= 0.6 is 28.5 Å². The Morgan fingerprint density at radius 3 is 2.80 bits per heavy atom. The second-order valence-electron chi connectivity index (χ2n) is 2.09. The first kappa shape index (κ1) is 11.1. The topological polar surface area (TPSA) is 21.3 Å². The largest absolute Gasteiger partial charge is 0.352 e. The van der Waals surface area contributed by atoms with E-state index in [1.807, 2.05) is 7.05 Å². The average Bonchev–Trinajstić information content (AvgIpc) is 1.97. The second kappa shape index (κ2) is 10.1. The summed E-state index contributed by atoms with van der Waals surface area (Å²) < 4.78 is 5.21. The monoisotopic (exact) mass is 275 g/mol. The molecule has 0 amide bonds. The van der Waals surface area contributed by atoms with Gasteiger partial charge in [-0.05, 0) is 54.9 Å². The minimum atomic E-state index is 0.624. The van der Waals surface area contributed by atoms with Crippen molar-refractivity contribution in [2.75, 3.05) is 20.2 Å². The van der Waals surface area contributed by atoms with Gasteiger partial charge < -0.3 is 9.84 Å². The quantitative estimate of drug-likeness (QED) is 0.437. The Hall–Kier alpha value is 1.08. The summed E-state index contributed by atoms with van der Waals surface area (Å²) in [7, 11) is 1.99. The Morgan fingerprint density at radius 2 is 2.20 bits per heavy atom. The van der Waals surface area contributed by atoms with Gasteiger partial charge in [-0.1, -0.05) is 0 Å². The number of unbranched alkanes of at least 4 members (excludes halogenated alkanes) is 2. The molecule has 62 valence electrons. The summed E-state index contributed by atoms with van der Waals surface area (Å²) in [5.74, 6) is 0. The van der Waals surface area contributed by atoms with Gasteiger partial charge in [0.1, 0.15) is 0 Å². The van der Waals surface area contributed by atoms with Gasteiger partial charge in [0.25, 0.3) is 0 Å². The van der Waals surface area contributed by atoms with Crippen molar-refractivity contribution in [2.45, 2.75) is 19.3 Å². The van der Waals surface area contributed by atoms with Crippen LogP contribution in [0.4, 0.5) is 0 Å². The molecule has 0 aliphatic carbocycles. The highest BCUT2D eigenvalue weighted by atomic mass is 127. The van der Waals surface area contributed by atoms with E-state index in [-0.39, 0.29) is 0 Å². The van der Waals surface area contributed by atoms with Crippen LogP contribution in [0.2, 0.25) is 0 Å². The highest BCUT2D eigenvalue weighted by Gasteiger charge is 1.87.